The second-order valence-electron chi connectivity index (χ2n) is 21.3. The third-order valence-electron chi connectivity index (χ3n) is 14.6. The molecule has 10 aromatic rings. The van der Waals surface area contributed by atoms with Gasteiger partial charge in [0.05, 0.1) is 22.7 Å². The molecule has 5 heterocycles. The van der Waals surface area contributed by atoms with Gasteiger partial charge in [-0.25, -0.2) is 0 Å². The second-order valence-corrected chi connectivity index (χ2v) is 23.2. The van der Waals surface area contributed by atoms with Crippen LogP contribution in [0, 0.1) is 34.6 Å². The van der Waals surface area contributed by atoms with Crippen LogP contribution in [0.2, 0.25) is 0 Å². The molecule has 0 atom stereocenters. The highest BCUT2D eigenvalue weighted by molar-refractivity contribution is 7.18. The third-order valence-corrected chi connectivity index (χ3v) is 16.5. The van der Waals surface area contributed by atoms with E-state index >= 15 is 0 Å². The van der Waals surface area contributed by atoms with Crippen LogP contribution in [0.15, 0.2) is 137 Å². The zero-order chi connectivity index (χ0) is 46.4. The van der Waals surface area contributed by atoms with Crippen LogP contribution in [0.4, 0.5) is 34.1 Å². The van der Waals surface area contributed by atoms with Gasteiger partial charge in [-0.3, -0.25) is 0 Å². The van der Waals surface area contributed by atoms with E-state index in [2.05, 4.69) is 218 Å². The number of anilines is 6. The zero-order valence-electron chi connectivity index (χ0n) is 40.4. The molecule has 3 aromatic heterocycles. The van der Waals surface area contributed by atoms with Crippen LogP contribution in [-0.4, -0.2) is 6.71 Å². The number of rotatable bonds is 4. The molecule has 2 aliphatic heterocycles. The first kappa shape index (κ1) is 42.0. The highest BCUT2D eigenvalue weighted by Gasteiger charge is 2.48. The number of hydrogen-bond acceptors (Lipinski definition) is 5. The maximum atomic E-state index is 7.40. The molecule has 6 heteroatoms. The molecule has 12 rings (SSSR count). The quantitative estimate of drug-likeness (QED) is 0.164. The summed E-state index contributed by atoms with van der Waals surface area (Å²) in [5.41, 5.74) is 25.5. The Hall–Kier alpha value is -6.34. The molecule has 0 aliphatic carbocycles. The maximum Gasteiger partial charge on any atom is 0.297 e. The van der Waals surface area contributed by atoms with Crippen molar-refractivity contribution in [2.45, 2.75) is 87.0 Å². The Morgan fingerprint density at radius 2 is 1.03 bits per heavy atom. The molecule has 0 bridgehead atoms. The monoisotopic (exact) mass is 906 g/mol. The highest BCUT2D eigenvalue weighted by atomic mass is 32.1. The van der Waals surface area contributed by atoms with E-state index in [0.29, 0.717) is 0 Å². The summed E-state index contributed by atoms with van der Waals surface area (Å²) in [7, 11) is 0. The molecule has 0 N–H and O–H groups in total. The number of fused-ring (bicyclic) bond motifs is 8. The average Bonchev–Trinajstić information content (AvgIpc) is 4.02. The number of hydrogen-bond donors (Lipinski definition) is 0. The number of furan rings is 1. The number of aryl methyl sites for hydroxylation is 5. The van der Waals surface area contributed by atoms with Gasteiger partial charge in [0, 0.05) is 53.7 Å². The fraction of sp³-hybridized carbons (Fsp3) is 0.213. The molecule has 330 valence electrons. The lowest BCUT2D eigenvalue weighted by atomic mass is 9.35. The Bertz CT molecular complexity index is 3650. The third kappa shape index (κ3) is 6.43. The van der Waals surface area contributed by atoms with Crippen LogP contribution in [-0.2, 0) is 10.8 Å². The summed E-state index contributed by atoms with van der Waals surface area (Å²) in [4.78, 5) is 5.20. The predicted molar refractivity (Wildman–Crippen MR) is 293 cm³/mol. The van der Waals surface area contributed by atoms with Crippen LogP contribution in [0.3, 0.4) is 0 Å². The van der Waals surface area contributed by atoms with Gasteiger partial charge >= 0.3 is 0 Å². The van der Waals surface area contributed by atoms with E-state index in [1.807, 2.05) is 22.7 Å². The van der Waals surface area contributed by atoms with E-state index in [4.69, 9.17) is 4.42 Å². The van der Waals surface area contributed by atoms with E-state index < -0.39 is 0 Å². The van der Waals surface area contributed by atoms with Crippen molar-refractivity contribution in [1.29, 1.82) is 0 Å². The molecule has 0 radical (unpaired) electrons. The molecule has 2 aliphatic rings. The lowest BCUT2D eigenvalue weighted by Crippen LogP contribution is -2.61. The Balaban J connectivity index is 1.17. The van der Waals surface area contributed by atoms with Gasteiger partial charge in [0.2, 0.25) is 0 Å². The first-order valence-corrected chi connectivity index (χ1v) is 25.4. The summed E-state index contributed by atoms with van der Waals surface area (Å²) in [6, 6.07) is 46.3. The van der Waals surface area contributed by atoms with Gasteiger partial charge in [-0.1, -0.05) is 108 Å². The minimum Gasteiger partial charge on any atom is -0.468 e. The molecule has 7 aromatic carbocycles. The number of benzene rings is 7. The van der Waals surface area contributed by atoms with Gasteiger partial charge in [-0.2, -0.15) is 0 Å². The SMILES string of the molecule is Cc1cc2c3c(c1)N(c1c(C)cc(-c4csc5ccccc45)cc1C)c1c(oc4ccc(C(C)(C)C)cc14)B3c1ccc(-c3csc4ccccc34)cc1N2c1c(C)cc(C(C)(C)C)cc1C. The van der Waals surface area contributed by atoms with Crippen molar-refractivity contribution >= 4 is 111 Å². The molecule has 0 fully saturated rings. The van der Waals surface area contributed by atoms with Crippen molar-refractivity contribution in [2.75, 3.05) is 9.80 Å². The van der Waals surface area contributed by atoms with Crippen LogP contribution >= 0.6 is 22.7 Å². The van der Waals surface area contributed by atoms with E-state index in [1.54, 1.807) is 0 Å². The van der Waals surface area contributed by atoms with Crippen molar-refractivity contribution in [2.24, 2.45) is 0 Å². The molecule has 0 saturated heterocycles. The van der Waals surface area contributed by atoms with Crippen molar-refractivity contribution < 1.29 is 4.42 Å². The lowest BCUT2D eigenvalue weighted by molar-refractivity contribution is 0.589. The minimum atomic E-state index is -0.145. The van der Waals surface area contributed by atoms with Gasteiger partial charge in [-0.15, -0.1) is 22.7 Å². The Labute approximate surface area is 403 Å². The summed E-state index contributed by atoms with van der Waals surface area (Å²) >= 11 is 3.64. The Morgan fingerprint density at radius 1 is 0.478 bits per heavy atom. The molecule has 67 heavy (non-hydrogen) atoms. The van der Waals surface area contributed by atoms with Crippen molar-refractivity contribution in [3.63, 3.8) is 0 Å². The van der Waals surface area contributed by atoms with Gasteiger partial charge < -0.3 is 14.2 Å². The number of nitrogens with zero attached hydrogens (tertiary/aromatic N) is 2. The van der Waals surface area contributed by atoms with E-state index in [1.165, 1.54) is 121 Å². The number of thiophene rings is 2. The van der Waals surface area contributed by atoms with Crippen molar-refractivity contribution in [3.8, 4) is 22.3 Å². The lowest BCUT2D eigenvalue weighted by Gasteiger charge is -2.44. The van der Waals surface area contributed by atoms with E-state index in [0.717, 1.165) is 22.3 Å². The average molecular weight is 907 g/mol. The Kier molecular flexibility index (Phi) is 9.31. The van der Waals surface area contributed by atoms with Gasteiger partial charge in [0.15, 0.2) is 0 Å². The molecule has 0 unspecified atom stereocenters. The predicted octanol–water partition coefficient (Wildman–Crippen LogP) is 16.4. The molecular formula is C61H55BN2OS2. The van der Waals surface area contributed by atoms with Crippen LogP contribution in [0.5, 0.6) is 0 Å². The fourth-order valence-electron chi connectivity index (χ4n) is 11.3. The van der Waals surface area contributed by atoms with E-state index in [-0.39, 0.29) is 17.5 Å². The summed E-state index contributed by atoms with van der Waals surface area (Å²) in [5, 5.41) is 8.41. The maximum absolute atomic E-state index is 7.40. The standard InChI is InChI=1S/C61H55BN2OS2/c1-34-24-50-55-51(25-34)64(57-35(2)26-40(27-36(57)3)47-33-67-54-19-15-13-17-44(47)54)58-45-31-41(60(6,7)8)21-23-52(45)65-59(58)62(55)48-22-20-39(46-32-66-53-18-14-12-16-43(46)53)30-49(48)63(50)56-37(4)28-42(29-38(56)5)61(9,10)11/h12-33H,1-11H3. The zero-order valence-corrected chi connectivity index (χ0v) is 42.0. The van der Waals surface area contributed by atoms with Crippen molar-refractivity contribution in [3.05, 3.63) is 171 Å². The first-order chi connectivity index (χ1) is 32.0. The van der Waals surface area contributed by atoms with E-state index in [9.17, 15) is 0 Å². The van der Waals surface area contributed by atoms with Crippen LogP contribution in [0.25, 0.3) is 53.4 Å². The fourth-order valence-corrected chi connectivity index (χ4v) is 13.3. The molecular weight excluding hydrogens is 852 g/mol. The smallest absolute Gasteiger partial charge is 0.297 e. The van der Waals surface area contributed by atoms with Gasteiger partial charge in [0.1, 0.15) is 5.58 Å². The molecule has 0 spiro atoms. The van der Waals surface area contributed by atoms with Gasteiger partial charge in [0.25, 0.3) is 6.71 Å². The Morgan fingerprint density at radius 3 is 1.64 bits per heavy atom. The molecule has 0 amide bonds. The van der Waals surface area contributed by atoms with Crippen LogP contribution in [0.1, 0.15) is 80.5 Å². The minimum absolute atomic E-state index is 0.0153. The largest absolute Gasteiger partial charge is 0.468 e. The highest BCUT2D eigenvalue weighted by Crippen LogP contribution is 2.51. The summed E-state index contributed by atoms with van der Waals surface area (Å²) in [6.45, 7) is 25.2. The first-order valence-electron chi connectivity index (χ1n) is 23.7. The summed E-state index contributed by atoms with van der Waals surface area (Å²) < 4.78 is 10.0. The normalized spacial score (nSPS) is 13.5. The molecule has 0 saturated carbocycles. The van der Waals surface area contributed by atoms with Crippen LogP contribution < -0.4 is 26.4 Å². The second kappa shape index (κ2) is 14.8. The van der Waals surface area contributed by atoms with Crippen molar-refractivity contribution in [1.82, 2.24) is 0 Å². The topological polar surface area (TPSA) is 19.6 Å². The summed E-state index contributed by atoms with van der Waals surface area (Å²) in [6.07, 6.45) is 0. The molecule has 3 nitrogen and oxygen atoms in total. The van der Waals surface area contributed by atoms with Gasteiger partial charge in [-0.05, 0) is 172 Å². The summed E-state index contributed by atoms with van der Waals surface area (Å²) in [5.74, 6) is 0.